The van der Waals surface area contributed by atoms with Crippen LogP contribution in [0.2, 0.25) is 0 Å². The van der Waals surface area contributed by atoms with Gasteiger partial charge in [0.25, 0.3) is 0 Å². The average Bonchev–Trinajstić information content (AvgIpc) is 3.86. The SMILES string of the molecule is c1ccc(-c2ccc(-c3ccc(N(c4ccc5sc6cc(-c7ccccc7)ccc6c5c4)c4ccc(-c5ccccc5)c5oc6ccccc6c45)cc3)cc2)cc1. The summed E-state index contributed by atoms with van der Waals surface area (Å²) in [6.45, 7) is 0. The predicted octanol–water partition coefficient (Wildman–Crippen LogP) is 16.1. The van der Waals surface area contributed by atoms with Crippen molar-refractivity contribution in [2.45, 2.75) is 0 Å². The van der Waals surface area contributed by atoms with Crippen molar-refractivity contribution in [3.05, 3.63) is 212 Å². The van der Waals surface area contributed by atoms with Crippen LogP contribution in [0, 0.1) is 0 Å². The highest BCUT2D eigenvalue weighted by Crippen LogP contribution is 2.48. The van der Waals surface area contributed by atoms with Crippen LogP contribution >= 0.6 is 11.3 Å². The van der Waals surface area contributed by atoms with Crippen LogP contribution in [0.1, 0.15) is 0 Å². The molecule has 0 amide bonds. The largest absolute Gasteiger partial charge is 0.455 e. The minimum atomic E-state index is 0.875. The molecule has 0 aliphatic carbocycles. The second-order valence-corrected chi connectivity index (χ2v) is 15.6. The maximum atomic E-state index is 6.76. The van der Waals surface area contributed by atoms with Gasteiger partial charge in [0.05, 0.1) is 11.1 Å². The Morgan fingerprint density at radius 3 is 1.58 bits per heavy atom. The summed E-state index contributed by atoms with van der Waals surface area (Å²) in [5.74, 6) is 0. The van der Waals surface area contributed by atoms with Crippen LogP contribution in [0.25, 0.3) is 86.6 Å². The molecule has 2 heterocycles. The minimum absolute atomic E-state index is 0.875. The van der Waals surface area contributed by atoms with Gasteiger partial charge in [-0.2, -0.15) is 0 Å². The lowest BCUT2D eigenvalue weighted by Crippen LogP contribution is -2.10. The van der Waals surface area contributed by atoms with E-state index < -0.39 is 0 Å². The molecule has 0 aliphatic heterocycles. The number of benzene rings is 9. The molecule has 0 aliphatic rings. The highest BCUT2D eigenvalue weighted by molar-refractivity contribution is 7.25. The number of hydrogen-bond donors (Lipinski definition) is 0. The molecular formula is C54H35NOS. The van der Waals surface area contributed by atoms with E-state index in [0.29, 0.717) is 0 Å². The van der Waals surface area contributed by atoms with E-state index >= 15 is 0 Å². The zero-order valence-electron chi connectivity index (χ0n) is 31.0. The van der Waals surface area contributed by atoms with Crippen LogP contribution in [-0.2, 0) is 0 Å². The number of furan rings is 1. The zero-order chi connectivity index (χ0) is 37.7. The second-order valence-electron chi connectivity index (χ2n) is 14.5. The third-order valence-electron chi connectivity index (χ3n) is 11.1. The van der Waals surface area contributed by atoms with Crippen LogP contribution < -0.4 is 4.90 Å². The summed E-state index contributed by atoms with van der Waals surface area (Å²) in [6, 6.07) is 76.3. The van der Waals surface area contributed by atoms with E-state index in [1.54, 1.807) is 0 Å². The molecule has 268 valence electrons. The Bertz CT molecular complexity index is 3200. The number of thiophene rings is 1. The summed E-state index contributed by atoms with van der Waals surface area (Å²) in [5, 5.41) is 4.71. The van der Waals surface area contributed by atoms with E-state index in [1.165, 1.54) is 53.6 Å². The van der Waals surface area contributed by atoms with Crippen LogP contribution in [0.3, 0.4) is 0 Å². The summed E-state index contributed by atoms with van der Waals surface area (Å²) in [4.78, 5) is 2.41. The van der Waals surface area contributed by atoms with Crippen LogP contribution in [0.15, 0.2) is 217 Å². The van der Waals surface area contributed by atoms with Gasteiger partial charge in [0, 0.05) is 42.5 Å². The van der Waals surface area contributed by atoms with Crippen LogP contribution in [0.4, 0.5) is 17.1 Å². The van der Waals surface area contributed by atoms with Gasteiger partial charge >= 0.3 is 0 Å². The van der Waals surface area contributed by atoms with E-state index in [0.717, 1.165) is 50.1 Å². The third kappa shape index (κ3) is 5.88. The van der Waals surface area contributed by atoms with E-state index in [1.807, 2.05) is 17.4 Å². The van der Waals surface area contributed by atoms with Crippen molar-refractivity contribution in [3.8, 4) is 44.5 Å². The van der Waals surface area contributed by atoms with Gasteiger partial charge in [0.15, 0.2) is 0 Å². The van der Waals surface area contributed by atoms with Crippen LogP contribution in [-0.4, -0.2) is 0 Å². The first-order chi connectivity index (χ1) is 28.2. The molecule has 0 spiro atoms. The fourth-order valence-corrected chi connectivity index (χ4v) is 9.40. The van der Waals surface area contributed by atoms with Crippen molar-refractivity contribution in [3.63, 3.8) is 0 Å². The van der Waals surface area contributed by atoms with Crippen molar-refractivity contribution in [2.24, 2.45) is 0 Å². The highest BCUT2D eigenvalue weighted by atomic mass is 32.1. The van der Waals surface area contributed by atoms with Gasteiger partial charge < -0.3 is 9.32 Å². The summed E-state index contributed by atoms with van der Waals surface area (Å²) in [5.41, 5.74) is 14.5. The molecule has 11 rings (SSSR count). The summed E-state index contributed by atoms with van der Waals surface area (Å²) in [6.07, 6.45) is 0. The monoisotopic (exact) mass is 745 g/mol. The molecule has 0 fully saturated rings. The van der Waals surface area contributed by atoms with E-state index in [2.05, 4.69) is 211 Å². The third-order valence-corrected chi connectivity index (χ3v) is 12.2. The van der Waals surface area contributed by atoms with Gasteiger partial charge in [-0.1, -0.05) is 158 Å². The van der Waals surface area contributed by atoms with Gasteiger partial charge in [0.2, 0.25) is 0 Å². The standard InChI is InChI=1S/C54H35NOS/c1-4-12-36(13-5-1)38-20-22-39(23-21-38)40-24-27-43(28-25-40)55(44-29-33-51-48(35-44)46-30-26-42(34-52(46)57-51)37-14-6-2-7-15-37)49-32-31-45(41-16-8-3-9-17-41)54-53(49)47-18-10-11-19-50(47)56-54/h1-35H. The Balaban J connectivity index is 1.08. The molecule has 2 aromatic heterocycles. The lowest BCUT2D eigenvalue weighted by Gasteiger charge is -2.27. The van der Waals surface area contributed by atoms with Crippen molar-refractivity contribution in [1.82, 2.24) is 0 Å². The molecule has 57 heavy (non-hydrogen) atoms. The molecular weight excluding hydrogens is 711 g/mol. The number of hydrogen-bond acceptors (Lipinski definition) is 3. The molecule has 0 saturated heterocycles. The quantitative estimate of drug-likeness (QED) is 0.162. The molecule has 9 aromatic carbocycles. The second kappa shape index (κ2) is 13.8. The minimum Gasteiger partial charge on any atom is -0.455 e. The van der Waals surface area contributed by atoms with Gasteiger partial charge in [-0.05, 0) is 93.5 Å². The van der Waals surface area contributed by atoms with Crippen molar-refractivity contribution < 1.29 is 4.42 Å². The fraction of sp³-hybridized carbons (Fsp3) is 0. The molecule has 11 aromatic rings. The summed E-state index contributed by atoms with van der Waals surface area (Å²) in [7, 11) is 0. The maximum Gasteiger partial charge on any atom is 0.145 e. The Morgan fingerprint density at radius 2 is 0.895 bits per heavy atom. The molecule has 0 N–H and O–H groups in total. The summed E-state index contributed by atoms with van der Waals surface area (Å²) >= 11 is 1.85. The van der Waals surface area contributed by atoms with Gasteiger partial charge in [-0.25, -0.2) is 0 Å². The first kappa shape index (κ1) is 33.2. The Kier molecular flexibility index (Phi) is 8.04. The first-order valence-corrected chi connectivity index (χ1v) is 20.1. The molecule has 2 nitrogen and oxygen atoms in total. The Labute approximate surface area is 335 Å². The predicted molar refractivity (Wildman–Crippen MR) is 243 cm³/mol. The highest BCUT2D eigenvalue weighted by Gasteiger charge is 2.23. The number of nitrogens with zero attached hydrogens (tertiary/aromatic N) is 1. The topological polar surface area (TPSA) is 16.4 Å². The smallest absolute Gasteiger partial charge is 0.145 e. The number of anilines is 3. The molecule has 0 atom stereocenters. The first-order valence-electron chi connectivity index (χ1n) is 19.3. The number of fused-ring (bicyclic) bond motifs is 6. The molecule has 0 bridgehead atoms. The maximum absolute atomic E-state index is 6.76. The van der Waals surface area contributed by atoms with Gasteiger partial charge in [0.1, 0.15) is 11.2 Å². The summed E-state index contributed by atoms with van der Waals surface area (Å²) < 4.78 is 9.31. The van der Waals surface area contributed by atoms with Crippen molar-refractivity contribution in [1.29, 1.82) is 0 Å². The van der Waals surface area contributed by atoms with Crippen LogP contribution in [0.5, 0.6) is 0 Å². The molecule has 0 radical (unpaired) electrons. The lowest BCUT2D eigenvalue weighted by atomic mass is 9.98. The van der Waals surface area contributed by atoms with E-state index in [4.69, 9.17) is 4.42 Å². The van der Waals surface area contributed by atoms with E-state index in [-0.39, 0.29) is 0 Å². The number of rotatable bonds is 7. The van der Waals surface area contributed by atoms with E-state index in [9.17, 15) is 0 Å². The lowest BCUT2D eigenvalue weighted by molar-refractivity contribution is 0.670. The van der Waals surface area contributed by atoms with Crippen molar-refractivity contribution in [2.75, 3.05) is 4.90 Å². The Morgan fingerprint density at radius 1 is 0.351 bits per heavy atom. The average molecular weight is 746 g/mol. The van der Waals surface area contributed by atoms with Gasteiger partial charge in [-0.3, -0.25) is 0 Å². The van der Waals surface area contributed by atoms with Gasteiger partial charge in [-0.15, -0.1) is 11.3 Å². The molecule has 0 unspecified atom stereocenters. The zero-order valence-corrected chi connectivity index (χ0v) is 31.8. The molecule has 0 saturated carbocycles. The fourth-order valence-electron chi connectivity index (χ4n) is 8.27. The normalized spacial score (nSPS) is 11.5. The molecule has 3 heteroatoms. The van der Waals surface area contributed by atoms with Crippen molar-refractivity contribution >= 4 is 70.5 Å². The Hall–Kier alpha value is -7.20. The number of para-hydroxylation sites is 1.